The highest BCUT2D eigenvalue weighted by Crippen LogP contribution is 2.46. The summed E-state index contributed by atoms with van der Waals surface area (Å²) < 4.78 is 5.37. The lowest BCUT2D eigenvalue weighted by molar-refractivity contribution is -0.00426. The van der Waals surface area contributed by atoms with E-state index in [0.29, 0.717) is 12.8 Å². The first-order valence-corrected chi connectivity index (χ1v) is 7.64. The second-order valence-corrected chi connectivity index (χ2v) is 7.45. The second kappa shape index (κ2) is 5.19. The molecule has 0 aromatic heterocycles. The number of carbonyl (C=O) groups is 1. The molecule has 2 fully saturated rings. The number of nitrogens with one attached hydrogen (secondary N) is 1. The molecule has 0 atom stereocenters. The Morgan fingerprint density at radius 2 is 1.80 bits per heavy atom. The van der Waals surface area contributed by atoms with Crippen molar-refractivity contribution in [3.63, 3.8) is 0 Å². The van der Waals surface area contributed by atoms with Crippen LogP contribution in [0.1, 0.15) is 65.7 Å². The molecule has 20 heavy (non-hydrogen) atoms. The van der Waals surface area contributed by atoms with Crippen molar-refractivity contribution in [3.05, 3.63) is 0 Å². The molecule has 0 radical (unpaired) electrons. The zero-order valence-corrected chi connectivity index (χ0v) is 12.9. The van der Waals surface area contributed by atoms with Crippen LogP contribution < -0.4 is 11.1 Å². The molecule has 0 aromatic carbocycles. The SMILES string of the molecule is CC(C)(C)OC(=O)NC1(C2(N)CCC(O)CC2)CCC1. The summed E-state index contributed by atoms with van der Waals surface area (Å²) in [7, 11) is 0. The van der Waals surface area contributed by atoms with Crippen molar-refractivity contribution in [3.8, 4) is 0 Å². The molecule has 0 heterocycles. The third-order valence-corrected chi connectivity index (χ3v) is 4.75. The summed E-state index contributed by atoms with van der Waals surface area (Å²) in [6, 6.07) is 0. The number of hydrogen-bond acceptors (Lipinski definition) is 4. The molecule has 5 nitrogen and oxygen atoms in total. The fraction of sp³-hybridized carbons (Fsp3) is 0.933. The Bertz CT molecular complexity index is 364. The van der Waals surface area contributed by atoms with Crippen LogP contribution in [0.15, 0.2) is 0 Å². The Morgan fingerprint density at radius 1 is 1.25 bits per heavy atom. The number of ether oxygens (including phenoxy) is 1. The smallest absolute Gasteiger partial charge is 0.408 e. The van der Waals surface area contributed by atoms with Gasteiger partial charge in [0.2, 0.25) is 0 Å². The first-order chi connectivity index (χ1) is 9.16. The van der Waals surface area contributed by atoms with Gasteiger partial charge in [-0.25, -0.2) is 4.79 Å². The summed E-state index contributed by atoms with van der Waals surface area (Å²) in [5.74, 6) is 0. The van der Waals surface area contributed by atoms with Crippen LogP contribution in [0, 0.1) is 0 Å². The van der Waals surface area contributed by atoms with Crippen LogP contribution in [0.4, 0.5) is 4.79 Å². The number of nitrogens with two attached hydrogens (primary N) is 1. The van der Waals surface area contributed by atoms with Gasteiger partial charge in [-0.1, -0.05) is 0 Å². The van der Waals surface area contributed by atoms with Crippen LogP contribution in [-0.2, 0) is 4.74 Å². The number of rotatable bonds is 2. The van der Waals surface area contributed by atoms with Gasteiger partial charge in [-0.15, -0.1) is 0 Å². The zero-order chi connectivity index (χ0) is 15.0. The van der Waals surface area contributed by atoms with Gasteiger partial charge in [0.05, 0.1) is 11.6 Å². The quantitative estimate of drug-likeness (QED) is 0.724. The van der Waals surface area contributed by atoms with E-state index in [0.717, 1.165) is 32.1 Å². The monoisotopic (exact) mass is 284 g/mol. The molecule has 0 spiro atoms. The van der Waals surface area contributed by atoms with E-state index in [1.165, 1.54) is 0 Å². The first-order valence-electron chi connectivity index (χ1n) is 7.64. The predicted octanol–water partition coefficient (Wildman–Crippen LogP) is 2.07. The molecule has 2 aliphatic rings. The van der Waals surface area contributed by atoms with Gasteiger partial charge in [0.1, 0.15) is 5.60 Å². The van der Waals surface area contributed by atoms with Crippen LogP contribution in [-0.4, -0.2) is 34.0 Å². The van der Waals surface area contributed by atoms with Gasteiger partial charge < -0.3 is 20.9 Å². The van der Waals surface area contributed by atoms with Crippen molar-refractivity contribution in [1.82, 2.24) is 5.32 Å². The van der Waals surface area contributed by atoms with E-state index in [1.54, 1.807) is 0 Å². The summed E-state index contributed by atoms with van der Waals surface area (Å²) in [6.45, 7) is 5.57. The normalized spacial score (nSPS) is 33.1. The lowest BCUT2D eigenvalue weighted by Crippen LogP contribution is -2.73. The lowest BCUT2D eigenvalue weighted by Gasteiger charge is -2.56. The van der Waals surface area contributed by atoms with E-state index in [9.17, 15) is 9.90 Å². The molecule has 0 aliphatic heterocycles. The molecule has 2 saturated carbocycles. The number of aliphatic hydroxyl groups is 1. The predicted molar refractivity (Wildman–Crippen MR) is 77.3 cm³/mol. The minimum Gasteiger partial charge on any atom is -0.444 e. The molecule has 0 saturated heterocycles. The van der Waals surface area contributed by atoms with E-state index in [2.05, 4.69) is 5.32 Å². The van der Waals surface area contributed by atoms with Crippen LogP contribution in [0.5, 0.6) is 0 Å². The third-order valence-electron chi connectivity index (χ3n) is 4.75. The van der Waals surface area contributed by atoms with Crippen LogP contribution in [0.25, 0.3) is 0 Å². The Balaban J connectivity index is 2.04. The molecule has 4 N–H and O–H groups in total. The molecule has 2 aliphatic carbocycles. The summed E-state index contributed by atoms with van der Waals surface area (Å²) in [6.07, 6.45) is 5.20. The van der Waals surface area contributed by atoms with Gasteiger partial charge in [-0.3, -0.25) is 0 Å². The molecule has 0 aromatic rings. The molecule has 1 amide bonds. The Morgan fingerprint density at radius 3 is 2.20 bits per heavy atom. The number of aliphatic hydroxyl groups excluding tert-OH is 1. The average Bonchev–Trinajstić information content (AvgIpc) is 2.25. The Labute approximate surface area is 121 Å². The highest BCUT2D eigenvalue weighted by atomic mass is 16.6. The van der Waals surface area contributed by atoms with Crippen LogP contribution in [0.2, 0.25) is 0 Å². The van der Waals surface area contributed by atoms with Crippen molar-refractivity contribution in [1.29, 1.82) is 0 Å². The minimum absolute atomic E-state index is 0.245. The summed E-state index contributed by atoms with van der Waals surface area (Å²) in [5.41, 5.74) is 5.32. The first kappa shape index (κ1) is 15.6. The Kier molecular flexibility index (Phi) is 4.04. The average molecular weight is 284 g/mol. The second-order valence-electron chi connectivity index (χ2n) is 7.45. The zero-order valence-electron chi connectivity index (χ0n) is 12.9. The van der Waals surface area contributed by atoms with E-state index in [-0.39, 0.29) is 17.7 Å². The van der Waals surface area contributed by atoms with Gasteiger partial charge in [0, 0.05) is 5.54 Å². The van der Waals surface area contributed by atoms with E-state index in [4.69, 9.17) is 10.5 Å². The van der Waals surface area contributed by atoms with Crippen molar-refractivity contribution < 1.29 is 14.6 Å². The van der Waals surface area contributed by atoms with Crippen molar-refractivity contribution in [2.75, 3.05) is 0 Å². The van der Waals surface area contributed by atoms with Gasteiger partial charge in [-0.2, -0.15) is 0 Å². The molecule has 2 rings (SSSR count). The fourth-order valence-corrected chi connectivity index (χ4v) is 3.37. The maximum Gasteiger partial charge on any atom is 0.408 e. The topological polar surface area (TPSA) is 84.6 Å². The molecule has 116 valence electrons. The number of carbonyl (C=O) groups excluding carboxylic acids is 1. The van der Waals surface area contributed by atoms with Crippen molar-refractivity contribution in [2.24, 2.45) is 5.73 Å². The molecule has 0 unspecified atom stereocenters. The van der Waals surface area contributed by atoms with Crippen LogP contribution >= 0.6 is 0 Å². The maximum absolute atomic E-state index is 12.1. The highest BCUT2D eigenvalue weighted by molar-refractivity contribution is 5.69. The van der Waals surface area contributed by atoms with Crippen molar-refractivity contribution >= 4 is 6.09 Å². The van der Waals surface area contributed by atoms with Crippen LogP contribution in [0.3, 0.4) is 0 Å². The van der Waals surface area contributed by atoms with E-state index >= 15 is 0 Å². The van der Waals surface area contributed by atoms with Crippen molar-refractivity contribution in [2.45, 2.75) is 88.5 Å². The largest absolute Gasteiger partial charge is 0.444 e. The summed E-state index contributed by atoms with van der Waals surface area (Å²) >= 11 is 0. The molecule has 5 heteroatoms. The molecular formula is C15H28N2O3. The summed E-state index contributed by atoms with van der Waals surface area (Å²) in [5, 5.41) is 12.7. The van der Waals surface area contributed by atoms with Gasteiger partial charge in [0.15, 0.2) is 0 Å². The van der Waals surface area contributed by atoms with Gasteiger partial charge in [-0.05, 0) is 65.7 Å². The molecular weight excluding hydrogens is 256 g/mol. The third kappa shape index (κ3) is 3.09. The minimum atomic E-state index is -0.500. The summed E-state index contributed by atoms with van der Waals surface area (Å²) in [4.78, 5) is 12.1. The van der Waals surface area contributed by atoms with E-state index < -0.39 is 11.1 Å². The standard InChI is InChI=1S/C15H28N2O3/c1-13(2,3)20-12(19)17-15(7-4-8-15)14(16)9-5-11(18)6-10-14/h11,18H,4-10,16H2,1-3H3,(H,17,19). The maximum atomic E-state index is 12.1. The number of amides is 1. The number of hydrogen-bond donors (Lipinski definition) is 3. The van der Waals surface area contributed by atoms with Gasteiger partial charge in [0.25, 0.3) is 0 Å². The fourth-order valence-electron chi connectivity index (χ4n) is 3.37. The highest BCUT2D eigenvalue weighted by Gasteiger charge is 2.54. The molecule has 0 bridgehead atoms. The number of alkyl carbamates (subject to hydrolysis) is 1. The van der Waals surface area contributed by atoms with E-state index in [1.807, 2.05) is 20.8 Å². The van der Waals surface area contributed by atoms with Gasteiger partial charge >= 0.3 is 6.09 Å². The lowest BCUT2D eigenvalue weighted by atomic mass is 9.59. The Hall–Kier alpha value is -0.810.